The molecule has 1 unspecified atom stereocenters. The summed E-state index contributed by atoms with van der Waals surface area (Å²) < 4.78 is 5.61. The Morgan fingerprint density at radius 3 is 2.75 bits per heavy atom. The van der Waals surface area contributed by atoms with Crippen molar-refractivity contribution in [3.8, 4) is 0 Å². The fraction of sp³-hybridized carbons (Fsp3) is 0.700. The molecule has 1 atom stereocenters. The maximum absolute atomic E-state index is 5.61. The molecule has 1 aliphatic heterocycles. The maximum atomic E-state index is 5.61. The Hall–Kier alpha value is 0.228. The summed E-state index contributed by atoms with van der Waals surface area (Å²) in [6.45, 7) is 3.93. The van der Waals surface area contributed by atoms with Crippen LogP contribution in [-0.4, -0.2) is 6.10 Å². The number of rotatable bonds is 0. The average molecular weight is 335 g/mol. The molecule has 2 rings (SSSR count). The Labute approximate surface area is 88.8 Å². The zero-order chi connectivity index (χ0) is 7.68. The molecular weight excluding hydrogens is 320 g/mol. The van der Waals surface area contributed by atoms with Gasteiger partial charge in [0.05, 0.1) is 5.76 Å². The minimum atomic E-state index is 0. The van der Waals surface area contributed by atoms with E-state index in [-0.39, 0.29) is 27.2 Å². The molecule has 1 aliphatic carbocycles. The van der Waals surface area contributed by atoms with Crippen molar-refractivity contribution in [3.63, 3.8) is 0 Å². The van der Waals surface area contributed by atoms with Gasteiger partial charge in [-0.05, 0) is 37.4 Å². The van der Waals surface area contributed by atoms with E-state index >= 15 is 0 Å². The predicted molar refractivity (Wildman–Crippen MR) is 45.0 cm³/mol. The zero-order valence-electron chi connectivity index (χ0n) is 7.34. The number of ether oxygens (including phenoxy) is 1. The van der Waals surface area contributed by atoms with Crippen molar-refractivity contribution in [1.29, 1.82) is 0 Å². The van der Waals surface area contributed by atoms with Crippen LogP contribution in [0.4, 0.5) is 0 Å². The van der Waals surface area contributed by atoms with E-state index in [2.05, 4.69) is 6.92 Å². The first-order valence-electron chi connectivity index (χ1n) is 4.57. The molecule has 0 radical (unpaired) electrons. The molecule has 0 spiro atoms. The van der Waals surface area contributed by atoms with Gasteiger partial charge in [0, 0.05) is 27.5 Å². The van der Waals surface area contributed by atoms with E-state index in [1.807, 2.05) is 0 Å². The van der Waals surface area contributed by atoms with Gasteiger partial charge in [-0.25, -0.2) is 0 Å². The number of hydrogen-bond acceptors (Lipinski definition) is 1. The van der Waals surface area contributed by atoms with Crippen LogP contribution in [-0.2, 0) is 25.8 Å². The number of allylic oxidation sites excluding steroid dienone is 1. The van der Waals surface area contributed by atoms with Gasteiger partial charge in [-0.1, -0.05) is 6.42 Å². The van der Waals surface area contributed by atoms with E-state index in [1.54, 1.807) is 5.57 Å². The Balaban J connectivity index is 0.000000720. The molecule has 0 aromatic carbocycles. The maximum Gasteiger partial charge on any atom is 0.0915 e. The van der Waals surface area contributed by atoms with Crippen molar-refractivity contribution in [1.82, 2.24) is 0 Å². The van der Waals surface area contributed by atoms with Crippen LogP contribution in [0.1, 0.15) is 38.5 Å². The predicted octanol–water partition coefficient (Wildman–Crippen LogP) is 2.83. The van der Waals surface area contributed by atoms with Gasteiger partial charge in [-0.15, -0.1) is 0 Å². The first-order chi connectivity index (χ1) is 5.36. The summed E-state index contributed by atoms with van der Waals surface area (Å²) in [6, 6.07) is 0. The van der Waals surface area contributed by atoms with Gasteiger partial charge in [-0.3, -0.25) is 0 Å². The monoisotopic (exact) mass is 335 g/mol. The summed E-state index contributed by atoms with van der Waals surface area (Å²) in [6.07, 6.45) is 7.79. The van der Waals surface area contributed by atoms with Crippen molar-refractivity contribution in [2.75, 3.05) is 0 Å². The SMILES string of the molecule is [CH2-]C1CC2=C(CCCCC2)O1.[W]. The van der Waals surface area contributed by atoms with Crippen LogP contribution < -0.4 is 0 Å². The molecule has 0 aromatic rings. The Bertz CT molecular complexity index is 168. The van der Waals surface area contributed by atoms with Crippen LogP contribution in [0.2, 0.25) is 0 Å². The van der Waals surface area contributed by atoms with Crippen molar-refractivity contribution >= 4 is 0 Å². The third kappa shape index (κ3) is 2.13. The zero-order valence-corrected chi connectivity index (χ0v) is 10.3. The second-order valence-corrected chi connectivity index (χ2v) is 3.53. The summed E-state index contributed by atoms with van der Waals surface area (Å²) in [5, 5.41) is 0. The molecule has 0 amide bonds. The van der Waals surface area contributed by atoms with E-state index in [4.69, 9.17) is 4.74 Å². The van der Waals surface area contributed by atoms with Crippen molar-refractivity contribution in [2.24, 2.45) is 0 Å². The van der Waals surface area contributed by atoms with E-state index in [0.717, 1.165) is 6.42 Å². The average Bonchev–Trinajstić information content (AvgIpc) is 2.17. The number of hydrogen-bond donors (Lipinski definition) is 0. The van der Waals surface area contributed by atoms with Crippen LogP contribution in [0.15, 0.2) is 11.3 Å². The first kappa shape index (κ1) is 10.3. The van der Waals surface area contributed by atoms with Gasteiger partial charge >= 0.3 is 0 Å². The van der Waals surface area contributed by atoms with Gasteiger partial charge in [0.2, 0.25) is 0 Å². The molecule has 1 heterocycles. The molecule has 0 saturated carbocycles. The van der Waals surface area contributed by atoms with Crippen molar-refractivity contribution < 1.29 is 25.8 Å². The second kappa shape index (κ2) is 4.46. The van der Waals surface area contributed by atoms with Crippen molar-refractivity contribution in [2.45, 2.75) is 44.6 Å². The van der Waals surface area contributed by atoms with Crippen LogP contribution in [0, 0.1) is 6.92 Å². The quantitative estimate of drug-likeness (QED) is 0.619. The van der Waals surface area contributed by atoms with E-state index in [0.29, 0.717) is 0 Å². The summed E-state index contributed by atoms with van der Waals surface area (Å²) in [7, 11) is 0. The summed E-state index contributed by atoms with van der Waals surface area (Å²) >= 11 is 0. The van der Waals surface area contributed by atoms with E-state index in [9.17, 15) is 0 Å². The summed E-state index contributed by atoms with van der Waals surface area (Å²) in [5.74, 6) is 1.28. The minimum absolute atomic E-state index is 0. The standard InChI is InChI=1S/C10H15O.W/c1-8-7-9-5-3-2-4-6-10(9)11-8;/h8H,1-7H2;/q-1;. The third-order valence-electron chi connectivity index (χ3n) is 2.56. The molecule has 12 heavy (non-hydrogen) atoms. The first-order valence-corrected chi connectivity index (χ1v) is 4.57. The van der Waals surface area contributed by atoms with Crippen LogP contribution >= 0.6 is 0 Å². The molecule has 2 aliphatic rings. The molecule has 0 N–H and O–H groups in total. The fourth-order valence-corrected chi connectivity index (χ4v) is 1.99. The summed E-state index contributed by atoms with van der Waals surface area (Å²) in [4.78, 5) is 0. The third-order valence-corrected chi connectivity index (χ3v) is 2.56. The van der Waals surface area contributed by atoms with E-state index < -0.39 is 0 Å². The summed E-state index contributed by atoms with van der Waals surface area (Å²) in [5.41, 5.74) is 1.56. The molecular formula is C10H15OW-. The van der Waals surface area contributed by atoms with Gasteiger partial charge in [0.25, 0.3) is 0 Å². The van der Waals surface area contributed by atoms with Crippen LogP contribution in [0.25, 0.3) is 0 Å². The Morgan fingerprint density at radius 1 is 1.17 bits per heavy atom. The molecule has 2 heteroatoms. The van der Waals surface area contributed by atoms with Crippen LogP contribution in [0.3, 0.4) is 0 Å². The molecule has 0 aromatic heterocycles. The molecule has 0 bridgehead atoms. The molecule has 68 valence electrons. The van der Waals surface area contributed by atoms with Gasteiger partial charge in [0.1, 0.15) is 0 Å². The van der Waals surface area contributed by atoms with Crippen molar-refractivity contribution in [3.05, 3.63) is 18.3 Å². The Kier molecular flexibility index (Phi) is 3.83. The largest absolute Gasteiger partial charge is 0.526 e. The molecule has 0 fully saturated rings. The molecule has 0 saturated heterocycles. The van der Waals surface area contributed by atoms with Gasteiger partial charge in [-0.2, -0.15) is 0 Å². The van der Waals surface area contributed by atoms with E-state index in [1.165, 1.54) is 37.9 Å². The molecule has 1 nitrogen and oxygen atoms in total. The van der Waals surface area contributed by atoms with Gasteiger partial charge < -0.3 is 11.7 Å². The van der Waals surface area contributed by atoms with Crippen LogP contribution in [0.5, 0.6) is 0 Å². The smallest absolute Gasteiger partial charge is 0.0915 e. The fourth-order valence-electron chi connectivity index (χ4n) is 1.99. The second-order valence-electron chi connectivity index (χ2n) is 3.53. The normalized spacial score (nSPS) is 28.6. The minimum Gasteiger partial charge on any atom is -0.526 e. The van der Waals surface area contributed by atoms with Gasteiger partial charge in [0.15, 0.2) is 0 Å². The Morgan fingerprint density at radius 2 is 1.92 bits per heavy atom. The topological polar surface area (TPSA) is 9.23 Å².